The molecule has 0 saturated carbocycles. The van der Waals surface area contributed by atoms with E-state index in [4.69, 9.17) is 21.9 Å². The van der Waals surface area contributed by atoms with Gasteiger partial charge in [-0.2, -0.15) is 0 Å². The molecule has 1 unspecified atom stereocenters. The van der Waals surface area contributed by atoms with Crippen LogP contribution in [0.3, 0.4) is 0 Å². The van der Waals surface area contributed by atoms with E-state index < -0.39 is 0 Å². The first-order chi connectivity index (χ1) is 9.79. The van der Waals surface area contributed by atoms with Crippen molar-refractivity contribution in [2.24, 2.45) is 5.11 Å². The molecule has 2 aromatic rings. The van der Waals surface area contributed by atoms with Gasteiger partial charge in [-0.15, -0.1) is 0 Å². The highest BCUT2D eigenvalue weighted by atomic mass is 35.5. The highest BCUT2D eigenvalue weighted by molar-refractivity contribution is 6.30. The zero-order valence-corrected chi connectivity index (χ0v) is 11.6. The second-order valence-electron chi connectivity index (χ2n) is 4.25. The van der Waals surface area contributed by atoms with Crippen LogP contribution in [0.5, 0.6) is 0 Å². The minimum atomic E-state index is -0.275. The lowest BCUT2D eigenvalue weighted by Crippen LogP contribution is -2.07. The van der Waals surface area contributed by atoms with E-state index in [-0.39, 0.29) is 12.6 Å². The number of hydrogen-bond acceptors (Lipinski definition) is 2. The van der Waals surface area contributed by atoms with Gasteiger partial charge in [0.05, 0.1) is 19.3 Å². The van der Waals surface area contributed by atoms with E-state index in [9.17, 15) is 0 Å². The summed E-state index contributed by atoms with van der Waals surface area (Å²) in [6.07, 6.45) is -0.275. The van der Waals surface area contributed by atoms with Crippen LogP contribution in [0, 0.1) is 0 Å². The summed E-state index contributed by atoms with van der Waals surface area (Å²) in [6.45, 7) is 0.722. The van der Waals surface area contributed by atoms with Crippen molar-refractivity contribution in [1.29, 1.82) is 0 Å². The molecule has 0 aromatic heterocycles. The van der Waals surface area contributed by atoms with Crippen molar-refractivity contribution in [3.8, 4) is 0 Å². The standard InChI is InChI=1S/C15H14ClN3O/c16-14-8-6-13(7-9-14)15(10-18-19-17)20-11-12-4-2-1-3-5-12/h1-9,15H,10-11H2. The lowest BCUT2D eigenvalue weighted by molar-refractivity contribution is 0.0457. The van der Waals surface area contributed by atoms with E-state index in [0.29, 0.717) is 11.6 Å². The Balaban J connectivity index is 2.07. The third-order valence-electron chi connectivity index (χ3n) is 2.85. The van der Waals surface area contributed by atoms with Crippen molar-refractivity contribution < 1.29 is 4.74 Å². The van der Waals surface area contributed by atoms with Crippen LogP contribution >= 0.6 is 11.6 Å². The van der Waals surface area contributed by atoms with Crippen LogP contribution in [0.1, 0.15) is 17.2 Å². The van der Waals surface area contributed by atoms with E-state index in [0.717, 1.165) is 11.1 Å². The summed E-state index contributed by atoms with van der Waals surface area (Å²) in [5.74, 6) is 0. The smallest absolute Gasteiger partial charge is 0.0885 e. The number of azide groups is 1. The van der Waals surface area contributed by atoms with Crippen molar-refractivity contribution in [3.05, 3.63) is 81.2 Å². The van der Waals surface area contributed by atoms with E-state index in [1.54, 1.807) is 12.1 Å². The number of halogens is 1. The van der Waals surface area contributed by atoms with Crippen LogP contribution in [0.15, 0.2) is 59.7 Å². The zero-order valence-electron chi connectivity index (χ0n) is 10.8. The molecular weight excluding hydrogens is 274 g/mol. The van der Waals surface area contributed by atoms with Crippen molar-refractivity contribution in [3.63, 3.8) is 0 Å². The average molecular weight is 288 g/mol. The minimum Gasteiger partial charge on any atom is -0.369 e. The Morgan fingerprint density at radius 3 is 2.45 bits per heavy atom. The normalized spacial score (nSPS) is 11.7. The van der Waals surface area contributed by atoms with Gasteiger partial charge in [-0.3, -0.25) is 0 Å². The summed E-state index contributed by atoms with van der Waals surface area (Å²) < 4.78 is 5.85. The van der Waals surface area contributed by atoms with Gasteiger partial charge in [0.15, 0.2) is 0 Å². The third kappa shape index (κ3) is 4.28. The molecular formula is C15H14ClN3O. The topological polar surface area (TPSA) is 58.0 Å². The monoisotopic (exact) mass is 287 g/mol. The van der Waals surface area contributed by atoms with E-state index >= 15 is 0 Å². The molecule has 2 rings (SSSR count). The molecule has 0 fully saturated rings. The second-order valence-corrected chi connectivity index (χ2v) is 4.69. The lowest BCUT2D eigenvalue weighted by Gasteiger charge is -2.16. The maximum absolute atomic E-state index is 8.47. The minimum absolute atomic E-state index is 0.255. The fraction of sp³-hybridized carbons (Fsp3) is 0.200. The molecule has 0 aliphatic carbocycles. The molecule has 0 radical (unpaired) electrons. The SMILES string of the molecule is [N-]=[N+]=NCC(OCc1ccccc1)c1ccc(Cl)cc1. The summed E-state index contributed by atoms with van der Waals surface area (Å²) in [6, 6.07) is 17.2. The number of nitrogens with zero attached hydrogens (tertiary/aromatic N) is 3. The van der Waals surface area contributed by atoms with E-state index in [1.165, 1.54) is 0 Å². The van der Waals surface area contributed by atoms with Crippen molar-refractivity contribution in [2.75, 3.05) is 6.54 Å². The summed E-state index contributed by atoms with van der Waals surface area (Å²) >= 11 is 5.87. The molecule has 0 bridgehead atoms. The molecule has 0 saturated heterocycles. The van der Waals surface area contributed by atoms with Crippen molar-refractivity contribution in [2.45, 2.75) is 12.7 Å². The first-order valence-electron chi connectivity index (χ1n) is 6.21. The Labute approximate surface area is 122 Å². The number of benzene rings is 2. The first kappa shape index (κ1) is 14.4. The van der Waals surface area contributed by atoms with Gasteiger partial charge >= 0.3 is 0 Å². The van der Waals surface area contributed by atoms with Crippen LogP contribution in [0.2, 0.25) is 5.02 Å². The molecule has 20 heavy (non-hydrogen) atoms. The highest BCUT2D eigenvalue weighted by Gasteiger charge is 2.11. The van der Waals surface area contributed by atoms with E-state index in [2.05, 4.69) is 10.0 Å². The fourth-order valence-corrected chi connectivity index (χ4v) is 1.94. The molecule has 0 amide bonds. The van der Waals surface area contributed by atoms with Gasteiger partial charge in [0, 0.05) is 9.93 Å². The quantitative estimate of drug-likeness (QED) is 0.423. The predicted octanol–water partition coefficient (Wildman–Crippen LogP) is 4.91. The first-order valence-corrected chi connectivity index (χ1v) is 6.59. The number of ether oxygens (including phenoxy) is 1. The maximum Gasteiger partial charge on any atom is 0.0885 e. The Hall–Kier alpha value is -2.00. The van der Waals surface area contributed by atoms with Crippen LogP contribution < -0.4 is 0 Å². The summed E-state index contributed by atoms with van der Waals surface area (Å²) in [5.41, 5.74) is 10.5. The van der Waals surface area contributed by atoms with Crippen molar-refractivity contribution in [1.82, 2.24) is 0 Å². The van der Waals surface area contributed by atoms with E-state index in [1.807, 2.05) is 42.5 Å². The lowest BCUT2D eigenvalue weighted by atomic mass is 10.1. The van der Waals surface area contributed by atoms with Gasteiger partial charge in [-0.05, 0) is 28.8 Å². The van der Waals surface area contributed by atoms with Gasteiger partial charge in [-0.25, -0.2) is 0 Å². The third-order valence-corrected chi connectivity index (χ3v) is 3.10. The molecule has 5 heteroatoms. The van der Waals surface area contributed by atoms with Crippen LogP contribution in [0.25, 0.3) is 10.4 Å². The van der Waals surface area contributed by atoms with Gasteiger partial charge in [0.1, 0.15) is 0 Å². The molecule has 1 atom stereocenters. The van der Waals surface area contributed by atoms with Crippen LogP contribution in [0.4, 0.5) is 0 Å². The highest BCUT2D eigenvalue weighted by Crippen LogP contribution is 2.21. The van der Waals surface area contributed by atoms with Gasteiger partial charge in [-0.1, -0.05) is 59.2 Å². The molecule has 0 aliphatic rings. The molecule has 0 aliphatic heterocycles. The van der Waals surface area contributed by atoms with Crippen molar-refractivity contribution >= 4 is 11.6 Å². The Morgan fingerprint density at radius 1 is 1.10 bits per heavy atom. The molecule has 0 spiro atoms. The second kappa shape index (κ2) is 7.56. The van der Waals surface area contributed by atoms with Gasteiger partial charge in [0.2, 0.25) is 0 Å². The summed E-state index contributed by atoms with van der Waals surface area (Å²) in [5, 5.41) is 4.27. The fourth-order valence-electron chi connectivity index (χ4n) is 1.81. The predicted molar refractivity (Wildman–Crippen MR) is 79.4 cm³/mol. The maximum atomic E-state index is 8.47. The Kier molecular flexibility index (Phi) is 5.44. The summed E-state index contributed by atoms with van der Waals surface area (Å²) in [4.78, 5) is 2.79. The van der Waals surface area contributed by atoms with Crippen LogP contribution in [-0.2, 0) is 11.3 Å². The molecule has 2 aromatic carbocycles. The van der Waals surface area contributed by atoms with Gasteiger partial charge in [0.25, 0.3) is 0 Å². The van der Waals surface area contributed by atoms with Gasteiger partial charge < -0.3 is 4.74 Å². The zero-order chi connectivity index (χ0) is 14.2. The molecule has 0 heterocycles. The number of hydrogen-bond donors (Lipinski definition) is 0. The molecule has 4 nitrogen and oxygen atoms in total. The largest absolute Gasteiger partial charge is 0.369 e. The summed E-state index contributed by atoms with van der Waals surface area (Å²) in [7, 11) is 0. The number of rotatable bonds is 6. The Morgan fingerprint density at radius 2 is 1.80 bits per heavy atom. The van der Waals surface area contributed by atoms with Crippen LogP contribution in [-0.4, -0.2) is 6.54 Å². The molecule has 102 valence electrons. The average Bonchev–Trinajstić information content (AvgIpc) is 2.50. The molecule has 0 N–H and O–H groups in total. The Bertz CT molecular complexity index is 580.